The number of halogens is 2. The van der Waals surface area contributed by atoms with E-state index in [2.05, 4.69) is 5.32 Å². The first kappa shape index (κ1) is 19.0. The van der Waals surface area contributed by atoms with E-state index in [4.69, 9.17) is 21.1 Å². The SMILES string of the molecule is O=C1CC[C@H](CCNCc2cc3c(cc2Cl)OCO3)N1Cc1ccc(F)cc1. The van der Waals surface area contributed by atoms with Crippen molar-refractivity contribution in [2.75, 3.05) is 13.3 Å². The zero-order valence-electron chi connectivity index (χ0n) is 15.4. The van der Waals surface area contributed by atoms with Crippen LogP contribution in [0.4, 0.5) is 4.39 Å². The van der Waals surface area contributed by atoms with Crippen molar-refractivity contribution in [1.82, 2.24) is 10.2 Å². The van der Waals surface area contributed by atoms with Crippen LogP contribution in [0.3, 0.4) is 0 Å². The molecule has 4 rings (SSSR count). The highest BCUT2D eigenvalue weighted by Gasteiger charge is 2.30. The van der Waals surface area contributed by atoms with Crippen molar-refractivity contribution in [3.05, 3.63) is 58.4 Å². The normalized spacial score (nSPS) is 18.1. The Morgan fingerprint density at radius 3 is 2.71 bits per heavy atom. The highest BCUT2D eigenvalue weighted by Crippen LogP contribution is 2.36. The van der Waals surface area contributed by atoms with Crippen LogP contribution in [0, 0.1) is 5.82 Å². The molecule has 148 valence electrons. The van der Waals surface area contributed by atoms with Crippen molar-refractivity contribution < 1.29 is 18.7 Å². The molecule has 2 aliphatic heterocycles. The quantitative estimate of drug-likeness (QED) is 0.711. The van der Waals surface area contributed by atoms with E-state index in [1.807, 2.05) is 11.0 Å². The van der Waals surface area contributed by atoms with Crippen molar-refractivity contribution in [2.45, 2.75) is 38.4 Å². The molecule has 0 aliphatic carbocycles. The number of benzene rings is 2. The maximum atomic E-state index is 13.1. The molecule has 0 aromatic heterocycles. The number of nitrogens with zero attached hydrogens (tertiary/aromatic N) is 1. The van der Waals surface area contributed by atoms with E-state index >= 15 is 0 Å². The van der Waals surface area contributed by atoms with Crippen LogP contribution in [0.2, 0.25) is 5.02 Å². The molecule has 2 heterocycles. The third-order valence-corrected chi connectivity index (χ3v) is 5.58. The Kier molecular flexibility index (Phi) is 5.69. The van der Waals surface area contributed by atoms with Gasteiger partial charge in [0.05, 0.1) is 0 Å². The molecule has 0 saturated carbocycles. The van der Waals surface area contributed by atoms with Gasteiger partial charge in [-0.2, -0.15) is 0 Å². The lowest BCUT2D eigenvalue weighted by molar-refractivity contribution is -0.129. The summed E-state index contributed by atoms with van der Waals surface area (Å²) in [6.07, 6.45) is 2.28. The summed E-state index contributed by atoms with van der Waals surface area (Å²) in [6.45, 7) is 2.14. The molecule has 1 amide bonds. The molecule has 2 aliphatic rings. The predicted molar refractivity (Wildman–Crippen MR) is 104 cm³/mol. The van der Waals surface area contributed by atoms with Gasteiger partial charge in [-0.15, -0.1) is 0 Å². The third-order valence-electron chi connectivity index (χ3n) is 5.23. The Labute approximate surface area is 168 Å². The van der Waals surface area contributed by atoms with Gasteiger partial charge in [-0.25, -0.2) is 4.39 Å². The fraction of sp³-hybridized carbons (Fsp3) is 0.381. The molecule has 0 bridgehead atoms. The van der Waals surface area contributed by atoms with Gasteiger partial charge >= 0.3 is 0 Å². The maximum absolute atomic E-state index is 13.1. The largest absolute Gasteiger partial charge is 0.454 e. The van der Waals surface area contributed by atoms with E-state index < -0.39 is 0 Å². The fourth-order valence-corrected chi connectivity index (χ4v) is 3.90. The smallest absolute Gasteiger partial charge is 0.231 e. The van der Waals surface area contributed by atoms with Crippen LogP contribution < -0.4 is 14.8 Å². The predicted octanol–water partition coefficient (Wildman–Crippen LogP) is 3.88. The van der Waals surface area contributed by atoms with Crippen LogP contribution in [-0.4, -0.2) is 30.2 Å². The second-order valence-electron chi connectivity index (χ2n) is 7.10. The summed E-state index contributed by atoms with van der Waals surface area (Å²) in [5.74, 6) is 1.29. The summed E-state index contributed by atoms with van der Waals surface area (Å²) >= 11 is 6.30. The van der Waals surface area contributed by atoms with Crippen molar-refractivity contribution >= 4 is 17.5 Å². The summed E-state index contributed by atoms with van der Waals surface area (Å²) < 4.78 is 23.8. The average Bonchev–Trinajstić information content (AvgIpc) is 3.27. The highest BCUT2D eigenvalue weighted by atomic mass is 35.5. The van der Waals surface area contributed by atoms with Gasteiger partial charge in [0.15, 0.2) is 11.5 Å². The van der Waals surface area contributed by atoms with Crippen LogP contribution in [0.25, 0.3) is 0 Å². The van der Waals surface area contributed by atoms with Gasteiger partial charge in [0.1, 0.15) is 5.82 Å². The zero-order valence-corrected chi connectivity index (χ0v) is 16.2. The average molecular weight is 405 g/mol. The van der Waals surface area contributed by atoms with Crippen molar-refractivity contribution in [1.29, 1.82) is 0 Å². The summed E-state index contributed by atoms with van der Waals surface area (Å²) in [6, 6.07) is 10.2. The molecule has 28 heavy (non-hydrogen) atoms. The van der Waals surface area contributed by atoms with Gasteiger partial charge in [0.25, 0.3) is 0 Å². The van der Waals surface area contributed by atoms with Crippen LogP contribution in [0.5, 0.6) is 11.5 Å². The van der Waals surface area contributed by atoms with Gasteiger partial charge in [0, 0.05) is 36.6 Å². The topological polar surface area (TPSA) is 50.8 Å². The number of nitrogens with one attached hydrogen (secondary N) is 1. The number of hydrogen-bond donors (Lipinski definition) is 1. The molecular formula is C21H22ClFN2O3. The maximum Gasteiger partial charge on any atom is 0.231 e. The Morgan fingerprint density at radius 1 is 1.18 bits per heavy atom. The Hall–Kier alpha value is -2.31. The molecule has 0 unspecified atom stereocenters. The molecule has 2 aromatic rings. The van der Waals surface area contributed by atoms with Crippen molar-refractivity contribution in [3.8, 4) is 11.5 Å². The van der Waals surface area contributed by atoms with Crippen LogP contribution >= 0.6 is 11.6 Å². The van der Waals surface area contributed by atoms with Crippen LogP contribution in [0.15, 0.2) is 36.4 Å². The fourth-order valence-electron chi connectivity index (χ4n) is 3.68. The lowest BCUT2D eigenvalue weighted by Gasteiger charge is -2.25. The number of fused-ring (bicyclic) bond motifs is 1. The second kappa shape index (κ2) is 8.37. The van der Waals surface area contributed by atoms with E-state index in [0.29, 0.717) is 36.0 Å². The van der Waals surface area contributed by atoms with Crippen molar-refractivity contribution in [2.24, 2.45) is 0 Å². The first-order valence-electron chi connectivity index (χ1n) is 9.43. The van der Waals surface area contributed by atoms with E-state index in [0.717, 1.165) is 30.5 Å². The Bertz CT molecular complexity index is 859. The van der Waals surface area contributed by atoms with Gasteiger partial charge in [-0.1, -0.05) is 23.7 Å². The minimum atomic E-state index is -0.264. The molecule has 7 heteroatoms. The molecule has 5 nitrogen and oxygen atoms in total. The number of hydrogen-bond acceptors (Lipinski definition) is 4. The molecule has 1 N–H and O–H groups in total. The molecule has 1 saturated heterocycles. The number of rotatable bonds is 7. The monoisotopic (exact) mass is 404 g/mol. The number of amides is 1. The first-order chi connectivity index (χ1) is 13.6. The van der Waals surface area contributed by atoms with Gasteiger partial charge in [-0.3, -0.25) is 4.79 Å². The van der Waals surface area contributed by atoms with Crippen LogP contribution in [-0.2, 0) is 17.9 Å². The zero-order chi connectivity index (χ0) is 19.5. The molecule has 2 aromatic carbocycles. The minimum Gasteiger partial charge on any atom is -0.454 e. The van der Waals surface area contributed by atoms with Crippen molar-refractivity contribution in [3.63, 3.8) is 0 Å². The third kappa shape index (κ3) is 4.23. The highest BCUT2D eigenvalue weighted by molar-refractivity contribution is 6.31. The summed E-state index contributed by atoms with van der Waals surface area (Å²) in [4.78, 5) is 14.2. The molecule has 0 radical (unpaired) electrons. The molecule has 0 spiro atoms. The lowest BCUT2D eigenvalue weighted by atomic mass is 10.1. The minimum absolute atomic E-state index is 0.160. The molecule has 1 fully saturated rings. The Morgan fingerprint density at radius 2 is 1.93 bits per heavy atom. The standard InChI is InChI=1S/C21H22ClFN2O3/c22-18-10-20-19(27-13-28-20)9-15(18)11-24-8-7-17-5-6-21(26)25(17)12-14-1-3-16(23)4-2-14/h1-4,9-10,17,24H,5-8,11-13H2/t17-/m1/s1. The number of carbonyl (C=O) groups excluding carboxylic acids is 1. The number of ether oxygens (including phenoxy) is 2. The van der Waals surface area contributed by atoms with E-state index in [1.165, 1.54) is 12.1 Å². The first-order valence-corrected chi connectivity index (χ1v) is 9.80. The summed E-state index contributed by atoms with van der Waals surface area (Å²) in [7, 11) is 0. The number of carbonyl (C=O) groups is 1. The van der Waals surface area contributed by atoms with E-state index in [-0.39, 0.29) is 24.6 Å². The number of likely N-dealkylation sites (tertiary alicyclic amines) is 1. The van der Waals surface area contributed by atoms with Gasteiger partial charge < -0.3 is 19.7 Å². The van der Waals surface area contributed by atoms with Crippen LogP contribution in [0.1, 0.15) is 30.4 Å². The second-order valence-corrected chi connectivity index (χ2v) is 7.51. The van der Waals surface area contributed by atoms with E-state index in [1.54, 1.807) is 18.2 Å². The molecular weight excluding hydrogens is 383 g/mol. The summed E-state index contributed by atoms with van der Waals surface area (Å²) in [5.41, 5.74) is 1.90. The molecule has 1 atom stereocenters. The van der Waals surface area contributed by atoms with Gasteiger partial charge in [-0.05, 0) is 48.7 Å². The van der Waals surface area contributed by atoms with Gasteiger partial charge in [0.2, 0.25) is 12.7 Å². The lowest BCUT2D eigenvalue weighted by Crippen LogP contribution is -2.34. The Balaban J connectivity index is 1.29. The summed E-state index contributed by atoms with van der Waals surface area (Å²) in [5, 5.41) is 4.04. The van der Waals surface area contributed by atoms with E-state index in [9.17, 15) is 9.18 Å².